The van der Waals surface area contributed by atoms with E-state index < -0.39 is 11.8 Å². The number of nitrogens with zero attached hydrogens (tertiary/aromatic N) is 1. The second-order valence-corrected chi connectivity index (χ2v) is 7.35. The summed E-state index contributed by atoms with van der Waals surface area (Å²) in [7, 11) is 0. The largest absolute Gasteiger partial charge is 0.428 e. The summed E-state index contributed by atoms with van der Waals surface area (Å²) in [5.41, 5.74) is 4.10. The third-order valence-electron chi connectivity index (χ3n) is 5.09. The van der Waals surface area contributed by atoms with Gasteiger partial charge in [-0.15, -0.1) is 0 Å². The molecule has 5 heteroatoms. The first kappa shape index (κ1) is 20.4. The van der Waals surface area contributed by atoms with Gasteiger partial charge in [0.25, 0.3) is 0 Å². The average Bonchev–Trinajstić information content (AvgIpc) is 3.13. The average molecular weight is 412 g/mol. The molecule has 1 amide bonds. The van der Waals surface area contributed by atoms with Crippen LogP contribution in [0.3, 0.4) is 0 Å². The second kappa shape index (κ2) is 9.76. The number of oxazole rings is 1. The van der Waals surface area contributed by atoms with Gasteiger partial charge in [0.15, 0.2) is 5.58 Å². The van der Waals surface area contributed by atoms with Crippen LogP contribution in [-0.2, 0) is 6.42 Å². The van der Waals surface area contributed by atoms with Crippen molar-refractivity contribution >= 4 is 29.3 Å². The predicted molar refractivity (Wildman–Crippen MR) is 124 cm³/mol. The lowest BCUT2D eigenvalue weighted by molar-refractivity contribution is 0.241. The van der Waals surface area contributed by atoms with E-state index >= 15 is 0 Å². The molecule has 0 spiro atoms. The van der Waals surface area contributed by atoms with E-state index in [9.17, 15) is 9.59 Å². The van der Waals surface area contributed by atoms with Crippen LogP contribution in [0.1, 0.15) is 29.5 Å². The normalized spacial score (nSPS) is 11.2. The molecule has 0 aliphatic rings. The quantitative estimate of drug-likeness (QED) is 0.329. The van der Waals surface area contributed by atoms with Crippen LogP contribution in [0, 0.1) is 0 Å². The second-order valence-electron chi connectivity index (χ2n) is 7.35. The predicted octanol–water partition coefficient (Wildman–Crippen LogP) is 5.35. The third-order valence-corrected chi connectivity index (χ3v) is 5.09. The lowest BCUT2D eigenvalue weighted by Gasteiger charge is -2.05. The summed E-state index contributed by atoms with van der Waals surface area (Å²) in [5, 5.41) is 2.82. The molecule has 0 saturated heterocycles. The van der Waals surface area contributed by atoms with Gasteiger partial charge < -0.3 is 9.73 Å². The van der Waals surface area contributed by atoms with Crippen molar-refractivity contribution in [3.8, 4) is 0 Å². The maximum absolute atomic E-state index is 12.5. The molecule has 1 N–H and O–H groups in total. The maximum atomic E-state index is 12.5. The molecule has 0 radical (unpaired) electrons. The highest BCUT2D eigenvalue weighted by molar-refractivity contribution is 5.89. The molecule has 1 heterocycles. The van der Waals surface area contributed by atoms with E-state index in [1.54, 1.807) is 12.1 Å². The molecular weight excluding hydrogens is 388 g/mol. The highest BCUT2D eigenvalue weighted by atomic mass is 16.4. The van der Waals surface area contributed by atoms with Gasteiger partial charge in [-0.3, -0.25) is 0 Å². The number of nitrogens with one attached hydrogen (secondary N) is 1. The molecule has 0 aliphatic carbocycles. The molecular formula is C26H24N2O3. The number of carbonyl (C=O) groups is 1. The molecule has 0 bridgehead atoms. The fourth-order valence-corrected chi connectivity index (χ4v) is 3.46. The highest BCUT2D eigenvalue weighted by Gasteiger charge is 2.15. The molecule has 3 aromatic carbocycles. The van der Waals surface area contributed by atoms with Crippen LogP contribution < -0.4 is 11.1 Å². The molecule has 0 saturated carbocycles. The lowest BCUT2D eigenvalue weighted by Crippen LogP contribution is -2.34. The topological polar surface area (TPSA) is 64.2 Å². The Morgan fingerprint density at radius 3 is 2.35 bits per heavy atom. The summed E-state index contributed by atoms with van der Waals surface area (Å²) in [6.45, 7) is 0.503. The van der Waals surface area contributed by atoms with Crippen molar-refractivity contribution in [3.05, 3.63) is 106 Å². The Kier molecular flexibility index (Phi) is 6.43. The summed E-state index contributed by atoms with van der Waals surface area (Å²) in [6, 6.07) is 25.1. The number of hydrogen-bond donors (Lipinski definition) is 1. The Hall–Kier alpha value is -3.86. The van der Waals surface area contributed by atoms with E-state index in [1.165, 1.54) is 5.56 Å². The Morgan fingerprint density at radius 1 is 0.871 bits per heavy atom. The number of hydrogen-bond acceptors (Lipinski definition) is 3. The van der Waals surface area contributed by atoms with Crippen LogP contribution in [-0.4, -0.2) is 17.1 Å². The first-order chi connectivity index (χ1) is 15.2. The monoisotopic (exact) mass is 412 g/mol. The molecule has 0 aliphatic heterocycles. The number of benzene rings is 3. The van der Waals surface area contributed by atoms with E-state index in [0.717, 1.165) is 35.0 Å². The van der Waals surface area contributed by atoms with E-state index in [2.05, 4.69) is 17.4 Å². The Morgan fingerprint density at radius 2 is 1.58 bits per heavy atom. The van der Waals surface area contributed by atoms with Crippen molar-refractivity contribution in [2.45, 2.75) is 19.3 Å². The molecule has 1 aromatic heterocycles. The van der Waals surface area contributed by atoms with Crippen LogP contribution in [0.15, 0.2) is 88.1 Å². The minimum Gasteiger partial charge on any atom is -0.407 e. The van der Waals surface area contributed by atoms with Gasteiger partial charge >= 0.3 is 11.8 Å². The number of aromatic nitrogens is 1. The molecule has 0 atom stereocenters. The van der Waals surface area contributed by atoms with E-state index in [1.807, 2.05) is 66.7 Å². The minimum absolute atomic E-state index is 0.388. The molecule has 5 nitrogen and oxygen atoms in total. The van der Waals surface area contributed by atoms with Gasteiger partial charge in [-0.2, -0.15) is 4.57 Å². The summed E-state index contributed by atoms with van der Waals surface area (Å²) < 4.78 is 6.36. The molecule has 0 unspecified atom stereocenters. The number of unbranched alkanes of at least 4 members (excludes halogenated alkanes) is 1. The molecule has 156 valence electrons. The summed E-state index contributed by atoms with van der Waals surface area (Å²) in [4.78, 5) is 24.8. The zero-order chi connectivity index (χ0) is 21.5. The molecule has 4 rings (SSSR count). The van der Waals surface area contributed by atoms with Crippen LogP contribution in [0.2, 0.25) is 0 Å². The Balaban J connectivity index is 1.38. The van der Waals surface area contributed by atoms with E-state index in [0.29, 0.717) is 17.6 Å². The van der Waals surface area contributed by atoms with Crippen molar-refractivity contribution < 1.29 is 9.21 Å². The van der Waals surface area contributed by atoms with Crippen molar-refractivity contribution in [1.29, 1.82) is 0 Å². The van der Waals surface area contributed by atoms with Crippen LogP contribution in [0.5, 0.6) is 0 Å². The van der Waals surface area contributed by atoms with Crippen LogP contribution in [0.25, 0.3) is 23.3 Å². The zero-order valence-electron chi connectivity index (χ0n) is 17.2. The fraction of sp³-hybridized carbons (Fsp3) is 0.154. The SMILES string of the molecule is O=C(NCCCCc1ccccc1)n1c(=O)oc2cc(/C=C/c3ccccc3)ccc21. The van der Waals surface area contributed by atoms with Gasteiger partial charge in [-0.25, -0.2) is 9.59 Å². The lowest BCUT2D eigenvalue weighted by atomic mass is 10.1. The van der Waals surface area contributed by atoms with Crippen LogP contribution >= 0.6 is 0 Å². The van der Waals surface area contributed by atoms with E-state index in [-0.39, 0.29) is 0 Å². The summed E-state index contributed by atoms with van der Waals surface area (Å²) in [6.07, 6.45) is 6.68. The van der Waals surface area contributed by atoms with Gasteiger partial charge in [0.2, 0.25) is 0 Å². The molecule has 0 fully saturated rings. The number of fused-ring (bicyclic) bond motifs is 1. The smallest absolute Gasteiger partial charge is 0.407 e. The van der Waals surface area contributed by atoms with E-state index in [4.69, 9.17) is 4.42 Å². The van der Waals surface area contributed by atoms with Gasteiger partial charge in [-0.1, -0.05) is 78.9 Å². The minimum atomic E-state index is -0.680. The van der Waals surface area contributed by atoms with Gasteiger partial charge in [0.1, 0.15) is 0 Å². The summed E-state index contributed by atoms with van der Waals surface area (Å²) >= 11 is 0. The first-order valence-corrected chi connectivity index (χ1v) is 10.4. The fourth-order valence-electron chi connectivity index (χ4n) is 3.46. The maximum Gasteiger partial charge on any atom is 0.428 e. The first-order valence-electron chi connectivity index (χ1n) is 10.4. The van der Waals surface area contributed by atoms with Crippen molar-refractivity contribution in [2.24, 2.45) is 0 Å². The van der Waals surface area contributed by atoms with Crippen molar-refractivity contribution in [1.82, 2.24) is 9.88 Å². The van der Waals surface area contributed by atoms with Gasteiger partial charge in [0.05, 0.1) is 5.52 Å². The zero-order valence-corrected chi connectivity index (χ0v) is 17.2. The number of aryl methyl sites for hydroxylation is 1. The van der Waals surface area contributed by atoms with Crippen molar-refractivity contribution in [3.63, 3.8) is 0 Å². The highest BCUT2D eigenvalue weighted by Crippen LogP contribution is 2.17. The number of rotatable bonds is 7. The third kappa shape index (κ3) is 5.20. The number of amides is 1. The van der Waals surface area contributed by atoms with Crippen LogP contribution in [0.4, 0.5) is 4.79 Å². The standard InChI is InChI=1S/C26H24N2O3/c29-25(27-18-8-7-13-20-9-3-1-4-10-20)28-23-17-16-22(19-24(23)31-26(28)30)15-14-21-11-5-2-6-12-21/h1-6,9-12,14-17,19H,7-8,13,18H2,(H,27,29)/b15-14+. The van der Waals surface area contributed by atoms with Gasteiger partial charge in [0, 0.05) is 6.54 Å². The van der Waals surface area contributed by atoms with Gasteiger partial charge in [-0.05, 0) is 48.1 Å². The Labute approximate surface area is 180 Å². The summed E-state index contributed by atoms with van der Waals surface area (Å²) in [5.74, 6) is -0.680. The molecule has 4 aromatic rings. The Bertz CT molecular complexity index is 1240. The van der Waals surface area contributed by atoms with Crippen molar-refractivity contribution in [2.75, 3.05) is 6.54 Å². The molecule has 31 heavy (non-hydrogen) atoms. The number of carbonyl (C=O) groups excluding carboxylic acids is 1.